The van der Waals surface area contributed by atoms with E-state index in [9.17, 15) is 5.11 Å². The largest absolute Gasteiger partial charge is 0.384 e. The molecular weight excluding hydrogens is 230 g/mol. The van der Waals surface area contributed by atoms with Crippen LogP contribution in [0.5, 0.6) is 0 Å². The SMILES string of the molecule is CCC(C)SCCC(O)(CN)c1ccccc1. The lowest BCUT2D eigenvalue weighted by Crippen LogP contribution is -2.35. The predicted molar refractivity (Wildman–Crippen MR) is 76.2 cm³/mol. The van der Waals surface area contributed by atoms with Crippen LogP contribution in [-0.4, -0.2) is 22.7 Å². The Morgan fingerprint density at radius 3 is 2.53 bits per heavy atom. The second-order valence-corrected chi connectivity index (χ2v) is 5.99. The number of nitrogens with two attached hydrogens (primary N) is 1. The molecule has 1 aromatic rings. The second-order valence-electron chi connectivity index (χ2n) is 4.44. The number of rotatable bonds is 7. The van der Waals surface area contributed by atoms with Crippen LogP contribution in [0.1, 0.15) is 32.3 Å². The molecule has 0 aliphatic heterocycles. The molecule has 1 aromatic carbocycles. The van der Waals surface area contributed by atoms with E-state index >= 15 is 0 Å². The zero-order chi connectivity index (χ0) is 12.7. The first-order chi connectivity index (χ1) is 8.12. The molecule has 0 spiro atoms. The molecule has 0 saturated heterocycles. The van der Waals surface area contributed by atoms with Crippen molar-refractivity contribution in [3.05, 3.63) is 35.9 Å². The van der Waals surface area contributed by atoms with Crippen molar-refractivity contribution in [1.29, 1.82) is 0 Å². The lowest BCUT2D eigenvalue weighted by molar-refractivity contribution is 0.0431. The van der Waals surface area contributed by atoms with Crippen LogP contribution in [0.3, 0.4) is 0 Å². The van der Waals surface area contributed by atoms with Gasteiger partial charge in [0.2, 0.25) is 0 Å². The summed E-state index contributed by atoms with van der Waals surface area (Å²) in [5.41, 5.74) is 5.78. The zero-order valence-electron chi connectivity index (χ0n) is 10.7. The molecule has 2 unspecified atom stereocenters. The van der Waals surface area contributed by atoms with Gasteiger partial charge in [-0.1, -0.05) is 44.2 Å². The number of hydrogen-bond donors (Lipinski definition) is 2. The molecule has 0 amide bonds. The maximum absolute atomic E-state index is 10.5. The van der Waals surface area contributed by atoms with Crippen LogP contribution in [0, 0.1) is 0 Å². The Morgan fingerprint density at radius 2 is 2.00 bits per heavy atom. The lowest BCUT2D eigenvalue weighted by atomic mass is 9.91. The molecule has 0 aliphatic rings. The van der Waals surface area contributed by atoms with Crippen molar-refractivity contribution in [2.45, 2.75) is 37.5 Å². The fourth-order valence-electron chi connectivity index (χ4n) is 1.66. The van der Waals surface area contributed by atoms with Crippen molar-refractivity contribution in [1.82, 2.24) is 0 Å². The van der Waals surface area contributed by atoms with Gasteiger partial charge in [0.1, 0.15) is 5.60 Å². The highest BCUT2D eigenvalue weighted by Crippen LogP contribution is 2.27. The number of thioether (sulfide) groups is 1. The van der Waals surface area contributed by atoms with Crippen LogP contribution >= 0.6 is 11.8 Å². The Balaban J connectivity index is 2.57. The van der Waals surface area contributed by atoms with E-state index in [0.717, 1.165) is 17.7 Å². The summed E-state index contributed by atoms with van der Waals surface area (Å²) in [4.78, 5) is 0. The topological polar surface area (TPSA) is 46.2 Å². The maximum Gasteiger partial charge on any atom is 0.103 e. The van der Waals surface area contributed by atoms with Crippen LogP contribution in [0.25, 0.3) is 0 Å². The van der Waals surface area contributed by atoms with Crippen LogP contribution in [0.4, 0.5) is 0 Å². The summed E-state index contributed by atoms with van der Waals surface area (Å²) in [5.74, 6) is 0.942. The summed E-state index contributed by atoms with van der Waals surface area (Å²) in [7, 11) is 0. The van der Waals surface area contributed by atoms with E-state index in [-0.39, 0.29) is 6.54 Å². The number of aliphatic hydroxyl groups is 1. The highest BCUT2D eigenvalue weighted by molar-refractivity contribution is 7.99. The van der Waals surface area contributed by atoms with Crippen molar-refractivity contribution in [2.24, 2.45) is 5.73 Å². The van der Waals surface area contributed by atoms with Gasteiger partial charge in [-0.3, -0.25) is 0 Å². The van der Waals surface area contributed by atoms with E-state index in [2.05, 4.69) is 13.8 Å². The first-order valence-electron chi connectivity index (χ1n) is 6.22. The minimum absolute atomic E-state index is 0.276. The van der Waals surface area contributed by atoms with Crippen molar-refractivity contribution in [2.75, 3.05) is 12.3 Å². The third-order valence-electron chi connectivity index (χ3n) is 3.14. The summed E-state index contributed by atoms with van der Waals surface area (Å²) in [6.07, 6.45) is 1.87. The quantitative estimate of drug-likeness (QED) is 0.785. The van der Waals surface area contributed by atoms with E-state index in [1.807, 2.05) is 42.1 Å². The molecule has 0 aliphatic carbocycles. The maximum atomic E-state index is 10.5. The van der Waals surface area contributed by atoms with E-state index in [4.69, 9.17) is 5.73 Å². The molecule has 0 aromatic heterocycles. The van der Waals surface area contributed by atoms with Crippen LogP contribution < -0.4 is 5.73 Å². The summed E-state index contributed by atoms with van der Waals surface area (Å²) in [5, 5.41) is 11.2. The van der Waals surface area contributed by atoms with Gasteiger partial charge >= 0.3 is 0 Å². The molecule has 0 heterocycles. The highest BCUT2D eigenvalue weighted by atomic mass is 32.2. The standard InChI is InChI=1S/C14H23NOS/c1-3-12(2)17-10-9-14(16,11-15)13-7-5-4-6-8-13/h4-8,12,16H,3,9-11,15H2,1-2H3. The third kappa shape index (κ3) is 4.34. The van der Waals surface area contributed by atoms with Gasteiger partial charge in [0.15, 0.2) is 0 Å². The van der Waals surface area contributed by atoms with Gasteiger partial charge in [-0.2, -0.15) is 11.8 Å². The number of hydrogen-bond acceptors (Lipinski definition) is 3. The lowest BCUT2D eigenvalue weighted by Gasteiger charge is -2.27. The fraction of sp³-hybridized carbons (Fsp3) is 0.571. The minimum atomic E-state index is -0.873. The molecule has 2 nitrogen and oxygen atoms in total. The minimum Gasteiger partial charge on any atom is -0.384 e. The van der Waals surface area contributed by atoms with Gasteiger partial charge in [-0.25, -0.2) is 0 Å². The summed E-state index contributed by atoms with van der Waals surface area (Å²) >= 11 is 1.90. The first-order valence-corrected chi connectivity index (χ1v) is 7.27. The van der Waals surface area contributed by atoms with Crippen LogP contribution in [-0.2, 0) is 5.60 Å². The van der Waals surface area contributed by atoms with Crippen LogP contribution in [0.15, 0.2) is 30.3 Å². The average molecular weight is 253 g/mol. The fourth-order valence-corrected chi connectivity index (χ4v) is 2.75. The normalized spacial score (nSPS) is 16.5. The van der Waals surface area contributed by atoms with Gasteiger partial charge in [-0.05, 0) is 24.2 Å². The Hall–Kier alpha value is -0.510. The molecule has 2 atom stereocenters. The summed E-state index contributed by atoms with van der Waals surface area (Å²) < 4.78 is 0. The van der Waals surface area contributed by atoms with Crippen LogP contribution in [0.2, 0.25) is 0 Å². The van der Waals surface area contributed by atoms with Crippen molar-refractivity contribution in [3.8, 4) is 0 Å². The summed E-state index contributed by atoms with van der Waals surface area (Å²) in [6.45, 7) is 4.68. The van der Waals surface area contributed by atoms with Gasteiger partial charge in [0, 0.05) is 11.8 Å². The molecular formula is C14H23NOS. The third-order valence-corrected chi connectivity index (χ3v) is 4.48. The van der Waals surface area contributed by atoms with Crippen molar-refractivity contribution >= 4 is 11.8 Å². The Kier molecular flexibility index (Phi) is 6.03. The van der Waals surface area contributed by atoms with Gasteiger partial charge in [-0.15, -0.1) is 0 Å². The molecule has 0 bridgehead atoms. The van der Waals surface area contributed by atoms with Crippen molar-refractivity contribution < 1.29 is 5.11 Å². The number of benzene rings is 1. The molecule has 1 rings (SSSR count). The van der Waals surface area contributed by atoms with E-state index in [0.29, 0.717) is 11.7 Å². The van der Waals surface area contributed by atoms with E-state index in [1.54, 1.807) is 0 Å². The molecule has 3 heteroatoms. The molecule has 0 radical (unpaired) electrons. The Morgan fingerprint density at radius 1 is 1.35 bits per heavy atom. The van der Waals surface area contributed by atoms with Crippen molar-refractivity contribution in [3.63, 3.8) is 0 Å². The smallest absolute Gasteiger partial charge is 0.103 e. The average Bonchev–Trinajstić information content (AvgIpc) is 2.39. The Labute approximate surface area is 109 Å². The molecule has 17 heavy (non-hydrogen) atoms. The van der Waals surface area contributed by atoms with E-state index < -0.39 is 5.60 Å². The Bertz CT molecular complexity index is 317. The first kappa shape index (κ1) is 14.6. The predicted octanol–water partition coefficient (Wildman–Crippen LogP) is 2.75. The van der Waals surface area contributed by atoms with Gasteiger partial charge in [0.25, 0.3) is 0 Å². The molecule has 0 fully saturated rings. The summed E-state index contributed by atoms with van der Waals surface area (Å²) in [6, 6.07) is 9.73. The van der Waals surface area contributed by atoms with Gasteiger partial charge < -0.3 is 10.8 Å². The zero-order valence-corrected chi connectivity index (χ0v) is 11.5. The second kappa shape index (κ2) is 7.04. The van der Waals surface area contributed by atoms with Gasteiger partial charge in [0.05, 0.1) is 0 Å². The molecule has 0 saturated carbocycles. The monoisotopic (exact) mass is 253 g/mol. The van der Waals surface area contributed by atoms with E-state index in [1.165, 1.54) is 0 Å². The molecule has 96 valence electrons. The molecule has 3 N–H and O–H groups in total. The highest BCUT2D eigenvalue weighted by Gasteiger charge is 2.26.